The Morgan fingerprint density at radius 2 is 0.773 bits per heavy atom. The van der Waals surface area contributed by atoms with Crippen molar-refractivity contribution >= 4 is 60.7 Å². The number of hydrogen-bond acceptors (Lipinski definition) is 1. The minimum atomic E-state index is 1.09. The molecule has 66 heavy (non-hydrogen) atoms. The third kappa shape index (κ3) is 7.93. The Morgan fingerprint density at radius 1 is 0.303 bits per heavy atom. The lowest BCUT2D eigenvalue weighted by Crippen LogP contribution is -2.10. The zero-order valence-corrected chi connectivity index (χ0v) is 37.6. The number of anilines is 3. The van der Waals surface area contributed by atoms with Crippen LogP contribution in [-0.2, 0) is 0 Å². The van der Waals surface area contributed by atoms with Crippen LogP contribution >= 0.6 is 0 Å². The molecule has 0 N–H and O–H groups in total. The molecule has 0 aliphatic rings. The molecule has 0 saturated heterocycles. The fourth-order valence-electron chi connectivity index (χ4n) is 9.25. The van der Waals surface area contributed by atoms with Crippen LogP contribution in [0.2, 0.25) is 0 Å². The lowest BCUT2D eigenvalue weighted by molar-refractivity contribution is 1.17. The second kappa shape index (κ2) is 18.8. The summed E-state index contributed by atoms with van der Waals surface area (Å²) in [6.45, 7) is 6.08. The summed E-state index contributed by atoms with van der Waals surface area (Å²) in [7, 11) is 0. The van der Waals surface area contributed by atoms with Gasteiger partial charge in [0.15, 0.2) is 0 Å². The molecule has 0 atom stereocenters. The molecule has 0 saturated carbocycles. The number of fused-ring (bicyclic) bond motifs is 7. The lowest BCUT2D eigenvalue weighted by Gasteiger charge is -2.26. The van der Waals surface area contributed by atoms with Crippen LogP contribution in [0.25, 0.3) is 77.2 Å². The van der Waals surface area contributed by atoms with E-state index in [4.69, 9.17) is 0 Å². The van der Waals surface area contributed by atoms with E-state index in [0.717, 1.165) is 28.4 Å². The average Bonchev–Trinajstić information content (AvgIpc) is 3.92. The predicted octanol–water partition coefficient (Wildman–Crippen LogP) is 17.7. The molecule has 0 aliphatic carbocycles. The maximum absolute atomic E-state index is 2.47. The van der Waals surface area contributed by atoms with Gasteiger partial charge < -0.3 is 14.0 Å². The molecule has 0 aliphatic heterocycles. The van der Waals surface area contributed by atoms with Crippen molar-refractivity contribution in [2.75, 3.05) is 4.90 Å². The third-order valence-electron chi connectivity index (χ3n) is 12.2. The Kier molecular flexibility index (Phi) is 11.8. The van der Waals surface area contributed by atoms with E-state index in [0.29, 0.717) is 0 Å². The Morgan fingerprint density at radius 3 is 1.38 bits per heavy atom. The molecule has 2 heterocycles. The van der Waals surface area contributed by atoms with Crippen LogP contribution in [0.5, 0.6) is 0 Å². The summed E-state index contributed by atoms with van der Waals surface area (Å²) >= 11 is 0. The molecule has 0 radical (unpaired) electrons. The molecule has 12 aromatic rings. The van der Waals surface area contributed by atoms with E-state index in [9.17, 15) is 0 Å². The molecule has 3 heteroatoms. The molecule has 0 bridgehead atoms. The average molecular weight is 850 g/mol. The Bertz CT molecular complexity index is 3520. The van der Waals surface area contributed by atoms with Gasteiger partial charge >= 0.3 is 0 Å². The van der Waals surface area contributed by atoms with E-state index >= 15 is 0 Å². The van der Waals surface area contributed by atoms with Crippen molar-refractivity contribution in [1.29, 1.82) is 0 Å². The molecule has 10 aromatic carbocycles. The quantitative estimate of drug-likeness (QED) is 0.156. The van der Waals surface area contributed by atoms with Crippen LogP contribution < -0.4 is 4.90 Å². The molecular formula is C63H51N3. The van der Waals surface area contributed by atoms with Crippen molar-refractivity contribution in [3.05, 3.63) is 260 Å². The number of hydrogen-bond donors (Lipinski definition) is 0. The van der Waals surface area contributed by atoms with Crippen LogP contribution in [0.3, 0.4) is 0 Å². The van der Waals surface area contributed by atoms with Crippen molar-refractivity contribution in [2.24, 2.45) is 0 Å². The molecule has 2 aromatic heterocycles. The standard InChI is InChI=1S/C54H37N3.C7H8.C2H6/c1-4-15-38(16-5-1)40-27-29-43(30-28-40)55(46-22-14-19-41(37-46)39-17-6-2-7-18-39)44-31-33-45(34-32-44)57-50-25-12-10-23-47(50)48-35-36-52-53(54(48)57)49-24-11-13-26-51(49)56(52)42-20-8-3-9-21-42;1-7-5-3-2-4-6-7;1-2/h1-37H;2-6H,1H3;1-2H3. The number of para-hydroxylation sites is 3. The van der Waals surface area contributed by atoms with E-state index in [1.165, 1.54) is 71.4 Å². The van der Waals surface area contributed by atoms with Crippen molar-refractivity contribution in [2.45, 2.75) is 20.8 Å². The number of rotatable bonds is 7. The number of aryl methyl sites for hydroxylation is 1. The molecule has 3 nitrogen and oxygen atoms in total. The van der Waals surface area contributed by atoms with E-state index < -0.39 is 0 Å². The summed E-state index contributed by atoms with van der Waals surface area (Å²) in [4.78, 5) is 2.36. The maximum atomic E-state index is 2.47. The van der Waals surface area contributed by atoms with Gasteiger partial charge in [0.25, 0.3) is 0 Å². The molecule has 0 unspecified atom stereocenters. The number of benzene rings is 10. The highest BCUT2D eigenvalue weighted by Gasteiger charge is 2.21. The predicted molar refractivity (Wildman–Crippen MR) is 283 cm³/mol. The summed E-state index contributed by atoms with van der Waals surface area (Å²) in [6.07, 6.45) is 0. The summed E-state index contributed by atoms with van der Waals surface area (Å²) in [5, 5.41) is 4.99. The minimum Gasteiger partial charge on any atom is -0.310 e. The Hall–Kier alpha value is -8.40. The van der Waals surface area contributed by atoms with Gasteiger partial charge in [-0.15, -0.1) is 0 Å². The molecule has 0 amide bonds. The van der Waals surface area contributed by atoms with Gasteiger partial charge in [0.1, 0.15) is 0 Å². The minimum absolute atomic E-state index is 1.09. The first-order valence-electron chi connectivity index (χ1n) is 22.9. The van der Waals surface area contributed by atoms with E-state index in [-0.39, 0.29) is 0 Å². The largest absolute Gasteiger partial charge is 0.310 e. The first-order valence-corrected chi connectivity index (χ1v) is 22.9. The first-order chi connectivity index (χ1) is 32.7. The van der Waals surface area contributed by atoms with Crippen molar-refractivity contribution in [3.8, 4) is 33.6 Å². The maximum Gasteiger partial charge on any atom is 0.0641 e. The SMILES string of the molecule is CC.Cc1ccccc1.c1ccc(-c2ccc(N(c3ccc(-n4c5ccccc5c5ccc6c(c7ccccc7n6-c6ccccc6)c54)cc3)c3cccc(-c4ccccc4)c3)cc2)cc1. The Balaban J connectivity index is 0.000000517. The van der Waals surface area contributed by atoms with Crippen LogP contribution in [-0.4, -0.2) is 9.13 Å². The summed E-state index contributed by atoms with van der Waals surface area (Å²) in [5.74, 6) is 0. The first kappa shape index (κ1) is 41.6. The topological polar surface area (TPSA) is 13.1 Å². The van der Waals surface area contributed by atoms with Gasteiger partial charge in [-0.2, -0.15) is 0 Å². The highest BCUT2D eigenvalue weighted by molar-refractivity contribution is 6.26. The monoisotopic (exact) mass is 849 g/mol. The molecule has 12 rings (SSSR count). The third-order valence-corrected chi connectivity index (χ3v) is 12.2. The molecular weight excluding hydrogens is 799 g/mol. The van der Waals surface area contributed by atoms with Crippen molar-refractivity contribution < 1.29 is 0 Å². The zero-order valence-electron chi connectivity index (χ0n) is 37.6. The van der Waals surface area contributed by atoms with Crippen LogP contribution in [0.4, 0.5) is 17.1 Å². The molecule has 0 spiro atoms. The summed E-state index contributed by atoms with van der Waals surface area (Å²) in [5.41, 5.74) is 16.5. The highest BCUT2D eigenvalue weighted by Crippen LogP contribution is 2.43. The van der Waals surface area contributed by atoms with Crippen LogP contribution in [0.1, 0.15) is 19.4 Å². The Labute approximate surface area is 387 Å². The van der Waals surface area contributed by atoms with Crippen molar-refractivity contribution in [3.63, 3.8) is 0 Å². The molecule has 0 fully saturated rings. The molecule has 318 valence electrons. The van der Waals surface area contributed by atoms with Gasteiger partial charge in [-0.3, -0.25) is 0 Å². The fourth-order valence-corrected chi connectivity index (χ4v) is 9.25. The van der Waals surface area contributed by atoms with Gasteiger partial charge in [0.05, 0.1) is 22.1 Å². The van der Waals surface area contributed by atoms with Gasteiger partial charge in [-0.1, -0.05) is 195 Å². The smallest absolute Gasteiger partial charge is 0.0641 e. The van der Waals surface area contributed by atoms with Gasteiger partial charge in [0.2, 0.25) is 0 Å². The van der Waals surface area contributed by atoms with E-state index in [1.807, 2.05) is 32.0 Å². The van der Waals surface area contributed by atoms with E-state index in [1.54, 1.807) is 0 Å². The highest BCUT2D eigenvalue weighted by atomic mass is 15.1. The normalized spacial score (nSPS) is 11.0. The lowest BCUT2D eigenvalue weighted by atomic mass is 10.0. The second-order valence-corrected chi connectivity index (χ2v) is 16.2. The van der Waals surface area contributed by atoms with E-state index in [2.05, 4.69) is 258 Å². The van der Waals surface area contributed by atoms with Gasteiger partial charge in [0, 0.05) is 50.0 Å². The fraction of sp³-hybridized carbons (Fsp3) is 0.0476. The van der Waals surface area contributed by atoms with Gasteiger partial charge in [-0.05, 0) is 108 Å². The summed E-state index contributed by atoms with van der Waals surface area (Å²) < 4.78 is 4.87. The summed E-state index contributed by atoms with van der Waals surface area (Å²) in [6, 6.07) is 91.2. The van der Waals surface area contributed by atoms with Crippen LogP contribution in [0, 0.1) is 6.92 Å². The van der Waals surface area contributed by atoms with Gasteiger partial charge in [-0.25, -0.2) is 0 Å². The van der Waals surface area contributed by atoms with Crippen molar-refractivity contribution in [1.82, 2.24) is 9.13 Å². The van der Waals surface area contributed by atoms with Crippen LogP contribution in [0.15, 0.2) is 255 Å². The second-order valence-electron chi connectivity index (χ2n) is 16.2. The zero-order chi connectivity index (χ0) is 44.8. The number of nitrogens with zero attached hydrogens (tertiary/aromatic N) is 3. The number of aromatic nitrogens is 2.